The summed E-state index contributed by atoms with van der Waals surface area (Å²) in [5.74, 6) is 0.0178. The highest BCUT2D eigenvalue weighted by Crippen LogP contribution is 2.25. The van der Waals surface area contributed by atoms with Gasteiger partial charge in [0.1, 0.15) is 6.61 Å². The summed E-state index contributed by atoms with van der Waals surface area (Å²) in [7, 11) is 1.95. The van der Waals surface area contributed by atoms with Crippen molar-refractivity contribution >= 4 is 5.91 Å². The Labute approximate surface area is 149 Å². The van der Waals surface area contributed by atoms with E-state index >= 15 is 0 Å². The van der Waals surface area contributed by atoms with Gasteiger partial charge in [0.05, 0.1) is 30.3 Å². The number of amides is 1. The fourth-order valence-electron chi connectivity index (χ4n) is 3.08. The summed E-state index contributed by atoms with van der Waals surface area (Å²) in [6, 6.07) is 1.81. The second-order valence-corrected chi connectivity index (χ2v) is 6.15. The predicted molar refractivity (Wildman–Crippen MR) is 89.3 cm³/mol. The van der Waals surface area contributed by atoms with E-state index in [1.165, 1.54) is 6.39 Å². The molecule has 1 aliphatic heterocycles. The van der Waals surface area contributed by atoms with Gasteiger partial charge in [-0.2, -0.15) is 0 Å². The molecule has 0 unspecified atom stereocenters. The highest BCUT2D eigenvalue weighted by atomic mass is 16.5. The third-order valence-corrected chi connectivity index (χ3v) is 4.48. The molecule has 3 aromatic heterocycles. The summed E-state index contributed by atoms with van der Waals surface area (Å²) in [4.78, 5) is 31.3. The molecule has 3 aromatic rings. The zero-order valence-corrected chi connectivity index (χ0v) is 14.5. The Balaban J connectivity index is 1.60. The van der Waals surface area contributed by atoms with E-state index < -0.39 is 0 Å². The lowest BCUT2D eigenvalue weighted by molar-refractivity contribution is 0.0518. The lowest BCUT2D eigenvalue weighted by Crippen LogP contribution is -2.48. The molecule has 0 saturated carbocycles. The van der Waals surface area contributed by atoms with Crippen LogP contribution in [-0.2, 0) is 20.0 Å². The molecule has 26 heavy (non-hydrogen) atoms. The smallest absolute Gasteiger partial charge is 0.316 e. The highest BCUT2D eigenvalue weighted by Gasteiger charge is 2.35. The van der Waals surface area contributed by atoms with E-state index in [4.69, 9.17) is 9.15 Å². The van der Waals surface area contributed by atoms with Crippen LogP contribution in [0.5, 0.6) is 6.01 Å². The largest absolute Gasteiger partial charge is 0.461 e. The number of aryl methyl sites for hydroxylation is 2. The minimum absolute atomic E-state index is 0.196. The molecule has 0 saturated heterocycles. The van der Waals surface area contributed by atoms with E-state index in [1.807, 2.05) is 11.6 Å². The van der Waals surface area contributed by atoms with Gasteiger partial charge >= 0.3 is 6.01 Å². The van der Waals surface area contributed by atoms with E-state index in [-0.39, 0.29) is 30.3 Å². The molecule has 0 aliphatic carbocycles. The third-order valence-electron chi connectivity index (χ3n) is 4.48. The van der Waals surface area contributed by atoms with Crippen LogP contribution in [0, 0.1) is 6.92 Å². The zero-order chi connectivity index (χ0) is 18.1. The number of ether oxygens (including phenoxy) is 1. The van der Waals surface area contributed by atoms with Gasteiger partial charge in [-0.3, -0.25) is 4.79 Å². The molecule has 4 heterocycles. The molecule has 1 atom stereocenters. The minimum Gasteiger partial charge on any atom is -0.461 e. The van der Waals surface area contributed by atoms with Gasteiger partial charge in [-0.25, -0.2) is 19.9 Å². The van der Waals surface area contributed by atoms with Crippen LogP contribution in [0.25, 0.3) is 0 Å². The van der Waals surface area contributed by atoms with Gasteiger partial charge in [0.15, 0.2) is 6.39 Å². The molecule has 4 rings (SSSR count). The second-order valence-electron chi connectivity index (χ2n) is 6.15. The van der Waals surface area contributed by atoms with Crippen molar-refractivity contribution in [2.24, 2.45) is 7.05 Å². The monoisotopic (exact) mass is 354 g/mol. The Bertz CT molecular complexity index is 920. The maximum atomic E-state index is 13.0. The van der Waals surface area contributed by atoms with Gasteiger partial charge in [-0.1, -0.05) is 0 Å². The molecule has 1 amide bonds. The first-order valence-corrected chi connectivity index (χ1v) is 8.23. The number of rotatable bonds is 4. The maximum absolute atomic E-state index is 13.0. The summed E-state index contributed by atoms with van der Waals surface area (Å²) < 4.78 is 13.0. The van der Waals surface area contributed by atoms with Crippen molar-refractivity contribution in [3.05, 3.63) is 54.0 Å². The van der Waals surface area contributed by atoms with Crippen molar-refractivity contribution in [1.29, 1.82) is 0 Å². The Morgan fingerprint density at radius 3 is 2.85 bits per heavy atom. The number of fused-ring (bicyclic) bond motifs is 1. The fraction of sp³-hybridized carbons (Fsp3) is 0.353. The van der Waals surface area contributed by atoms with Crippen LogP contribution in [0.4, 0.5) is 0 Å². The number of carbonyl (C=O) groups excluding carboxylic acids is 1. The van der Waals surface area contributed by atoms with Crippen molar-refractivity contribution in [1.82, 2.24) is 29.4 Å². The first-order chi connectivity index (χ1) is 12.6. The Morgan fingerprint density at radius 2 is 2.12 bits per heavy atom. The lowest BCUT2D eigenvalue weighted by atomic mass is 10.0. The SMILES string of the molecule is Cc1ncoc1C(=O)N1Cc2ncn(C)c2C[C@H]1COc1ncccn1. The van der Waals surface area contributed by atoms with Crippen LogP contribution in [0.3, 0.4) is 0 Å². The van der Waals surface area contributed by atoms with Gasteiger partial charge in [0.25, 0.3) is 5.91 Å². The molecule has 9 nitrogen and oxygen atoms in total. The number of hydrogen-bond donors (Lipinski definition) is 0. The summed E-state index contributed by atoms with van der Waals surface area (Å²) in [6.45, 7) is 2.41. The van der Waals surface area contributed by atoms with E-state index in [9.17, 15) is 4.79 Å². The van der Waals surface area contributed by atoms with Crippen LogP contribution in [0.2, 0.25) is 0 Å². The molecule has 0 spiro atoms. The summed E-state index contributed by atoms with van der Waals surface area (Å²) in [5, 5.41) is 0. The van der Waals surface area contributed by atoms with E-state index in [0.717, 1.165) is 11.4 Å². The second kappa shape index (κ2) is 6.58. The standard InChI is InChI=1S/C17H18N6O3/c1-11-15(26-10-21-11)16(24)23-7-13-14(22(2)9-20-13)6-12(23)8-25-17-18-4-3-5-19-17/h3-5,9-10,12H,6-8H2,1-2H3/t12-/m0/s1. The van der Waals surface area contributed by atoms with Gasteiger partial charge in [0.2, 0.25) is 5.76 Å². The number of oxazole rings is 1. The lowest BCUT2D eigenvalue weighted by Gasteiger charge is -2.34. The van der Waals surface area contributed by atoms with Crippen LogP contribution >= 0.6 is 0 Å². The molecular formula is C17H18N6O3. The van der Waals surface area contributed by atoms with Gasteiger partial charge in [-0.05, 0) is 13.0 Å². The average molecular weight is 354 g/mol. The van der Waals surface area contributed by atoms with Gasteiger partial charge in [0, 0.05) is 31.6 Å². The van der Waals surface area contributed by atoms with Crippen molar-refractivity contribution < 1.29 is 13.9 Å². The topological polar surface area (TPSA) is 99.2 Å². The molecule has 0 radical (unpaired) electrons. The average Bonchev–Trinajstić information content (AvgIpc) is 3.25. The molecule has 9 heteroatoms. The first kappa shape index (κ1) is 16.2. The number of imidazole rings is 1. The Morgan fingerprint density at radius 1 is 1.31 bits per heavy atom. The Hall–Kier alpha value is -3.23. The van der Waals surface area contributed by atoms with Gasteiger partial charge in [-0.15, -0.1) is 0 Å². The number of aromatic nitrogens is 5. The van der Waals surface area contributed by atoms with Crippen LogP contribution < -0.4 is 4.74 Å². The molecular weight excluding hydrogens is 336 g/mol. The van der Waals surface area contributed by atoms with Crippen LogP contribution in [0.1, 0.15) is 27.6 Å². The summed E-state index contributed by atoms with van der Waals surface area (Å²) in [5.41, 5.74) is 2.53. The molecule has 0 aromatic carbocycles. The van der Waals surface area contributed by atoms with Crippen molar-refractivity contribution in [3.63, 3.8) is 0 Å². The Kier molecular flexibility index (Phi) is 4.11. The summed E-state index contributed by atoms with van der Waals surface area (Å²) in [6.07, 6.45) is 6.89. The van der Waals surface area contributed by atoms with Crippen molar-refractivity contribution in [3.8, 4) is 6.01 Å². The normalized spacial score (nSPS) is 16.4. The highest BCUT2D eigenvalue weighted by molar-refractivity contribution is 5.92. The van der Waals surface area contributed by atoms with Crippen LogP contribution in [0.15, 0.2) is 35.6 Å². The quantitative estimate of drug-likeness (QED) is 0.693. The van der Waals surface area contributed by atoms with E-state index in [0.29, 0.717) is 18.7 Å². The molecule has 0 bridgehead atoms. The third kappa shape index (κ3) is 2.92. The molecule has 0 fully saturated rings. The van der Waals surface area contributed by atoms with Gasteiger partial charge < -0.3 is 18.6 Å². The van der Waals surface area contributed by atoms with E-state index in [1.54, 1.807) is 36.6 Å². The summed E-state index contributed by atoms with van der Waals surface area (Å²) >= 11 is 0. The molecule has 134 valence electrons. The predicted octanol–water partition coefficient (Wildman–Crippen LogP) is 1.15. The van der Waals surface area contributed by atoms with Crippen molar-refractivity contribution in [2.45, 2.75) is 25.9 Å². The number of hydrogen-bond acceptors (Lipinski definition) is 7. The molecule has 1 aliphatic rings. The van der Waals surface area contributed by atoms with Crippen molar-refractivity contribution in [2.75, 3.05) is 6.61 Å². The maximum Gasteiger partial charge on any atom is 0.316 e. The minimum atomic E-state index is -0.223. The first-order valence-electron chi connectivity index (χ1n) is 8.23. The number of carbonyl (C=O) groups is 1. The fourth-order valence-corrected chi connectivity index (χ4v) is 3.08. The van der Waals surface area contributed by atoms with E-state index in [2.05, 4.69) is 19.9 Å². The number of nitrogens with zero attached hydrogens (tertiary/aromatic N) is 6. The molecule has 0 N–H and O–H groups in total. The van der Waals surface area contributed by atoms with Crippen LogP contribution in [-0.4, -0.2) is 48.0 Å². The zero-order valence-electron chi connectivity index (χ0n) is 14.5.